The molecule has 4 aromatic rings. The monoisotopic (exact) mass is 752 g/mol. The first kappa shape index (κ1) is 36.5. The molecule has 3 aromatic carbocycles. The Morgan fingerprint density at radius 3 is 2.31 bits per heavy atom. The number of nitrogens with zero attached hydrogens (tertiary/aromatic N) is 6. The van der Waals surface area contributed by atoms with E-state index < -0.39 is 10.0 Å². The maximum Gasteiger partial charge on any atom is 0.410 e. The van der Waals surface area contributed by atoms with Crippen LogP contribution < -0.4 is 19.8 Å². The van der Waals surface area contributed by atoms with Gasteiger partial charge in [-0.3, -0.25) is 9.21 Å². The van der Waals surface area contributed by atoms with Crippen LogP contribution in [-0.2, 0) is 21.4 Å². The van der Waals surface area contributed by atoms with E-state index in [4.69, 9.17) is 27.9 Å². The highest BCUT2D eigenvalue weighted by Crippen LogP contribution is 2.34. The van der Waals surface area contributed by atoms with Gasteiger partial charge < -0.3 is 25.2 Å². The van der Waals surface area contributed by atoms with Crippen molar-refractivity contribution >= 4 is 73.8 Å². The number of sulfonamides is 1. The zero-order valence-corrected chi connectivity index (χ0v) is 31.0. The molecule has 12 nitrogen and oxygen atoms in total. The number of nitrogens with one attached hydrogen (secondary N) is 2. The second-order valence-electron chi connectivity index (χ2n) is 12.8. The fourth-order valence-corrected chi connectivity index (χ4v) is 7.14. The molecular weight excluding hydrogens is 711 g/mol. The van der Waals surface area contributed by atoms with Gasteiger partial charge in [-0.15, -0.1) is 0 Å². The van der Waals surface area contributed by atoms with Crippen molar-refractivity contribution in [1.82, 2.24) is 19.8 Å². The van der Waals surface area contributed by atoms with E-state index in [-0.39, 0.29) is 17.1 Å². The second kappa shape index (κ2) is 16.4. The molecule has 2 aliphatic rings. The van der Waals surface area contributed by atoms with Crippen LogP contribution in [0.1, 0.15) is 18.4 Å². The lowest BCUT2D eigenvalue weighted by Gasteiger charge is -2.39. The number of anilines is 6. The third-order valence-corrected chi connectivity index (χ3v) is 11.0. The Kier molecular flexibility index (Phi) is 11.7. The van der Waals surface area contributed by atoms with E-state index in [0.29, 0.717) is 40.4 Å². The number of hydrogen-bond acceptors (Lipinski definition) is 10. The first-order chi connectivity index (χ1) is 24.5. The maximum atomic E-state index is 12.6. The molecule has 0 aliphatic carbocycles. The summed E-state index contributed by atoms with van der Waals surface area (Å²) in [5, 5.41) is 7.11. The van der Waals surface area contributed by atoms with Crippen LogP contribution >= 0.6 is 23.2 Å². The number of para-hydroxylation sites is 2. The highest BCUT2D eigenvalue weighted by molar-refractivity contribution is 7.92. The van der Waals surface area contributed by atoms with Crippen LogP contribution in [0.3, 0.4) is 0 Å². The topological polar surface area (TPSA) is 123 Å². The summed E-state index contributed by atoms with van der Waals surface area (Å²) in [5.74, 6) is 1.14. The number of benzene rings is 3. The molecule has 2 aliphatic heterocycles. The van der Waals surface area contributed by atoms with Gasteiger partial charge in [-0.05, 0) is 54.7 Å². The lowest BCUT2D eigenvalue weighted by Crippen LogP contribution is -2.49. The van der Waals surface area contributed by atoms with Gasteiger partial charge >= 0.3 is 6.09 Å². The van der Waals surface area contributed by atoms with Gasteiger partial charge in [0.05, 0.1) is 34.5 Å². The fourth-order valence-electron chi connectivity index (χ4n) is 6.26. The third-order valence-electron chi connectivity index (χ3n) is 9.27. The fraction of sp³-hybridized carbons (Fsp3) is 0.361. The Morgan fingerprint density at radius 1 is 0.902 bits per heavy atom. The lowest BCUT2D eigenvalue weighted by atomic mass is 9.96. The minimum atomic E-state index is -3.49. The summed E-state index contributed by atoms with van der Waals surface area (Å²) in [6.07, 6.45) is 4.34. The lowest BCUT2D eigenvalue weighted by molar-refractivity contribution is 0.0768. The zero-order chi connectivity index (χ0) is 36.0. The Labute approximate surface area is 309 Å². The standard InChI is InChI=1S/C36H42Cl2N8O4S/c1-43(51(2,48)49)33-11-7-6-10-32(33)40-34-30(38)23-39-35(42-34)41-31-13-12-28(22-29(31)37)45-20-18-44(19-21-45)24-26-14-16-46(17-15-26)36(47)50-25-27-8-4-3-5-9-27/h3-13,22-23,26H,14-21,24-25H2,1-2H3,(H2,39,40,41,42). The summed E-state index contributed by atoms with van der Waals surface area (Å²) in [4.78, 5) is 28.1. The number of amides is 1. The zero-order valence-electron chi connectivity index (χ0n) is 28.6. The van der Waals surface area contributed by atoms with Crippen molar-refractivity contribution in [2.75, 3.05) is 79.0 Å². The summed E-state index contributed by atoms with van der Waals surface area (Å²) >= 11 is 13.2. The predicted molar refractivity (Wildman–Crippen MR) is 204 cm³/mol. The molecule has 51 heavy (non-hydrogen) atoms. The minimum absolute atomic E-state index is 0.230. The van der Waals surface area contributed by atoms with Crippen molar-refractivity contribution in [3.8, 4) is 0 Å². The van der Waals surface area contributed by atoms with Crippen molar-refractivity contribution in [3.63, 3.8) is 0 Å². The largest absolute Gasteiger partial charge is 0.445 e. The first-order valence-corrected chi connectivity index (χ1v) is 19.5. The number of hydrogen-bond donors (Lipinski definition) is 2. The summed E-state index contributed by atoms with van der Waals surface area (Å²) in [5.41, 5.74) is 3.63. The van der Waals surface area contributed by atoms with Gasteiger partial charge in [0.15, 0.2) is 5.82 Å². The normalized spacial score (nSPS) is 15.8. The van der Waals surface area contributed by atoms with Crippen molar-refractivity contribution < 1.29 is 17.9 Å². The van der Waals surface area contributed by atoms with Gasteiger partial charge in [-0.2, -0.15) is 4.98 Å². The summed E-state index contributed by atoms with van der Waals surface area (Å²) < 4.78 is 31.1. The number of halogens is 2. The Hall–Kier alpha value is -4.30. The SMILES string of the molecule is CN(c1ccccc1Nc1nc(Nc2ccc(N3CCN(CC4CCN(C(=O)OCc5ccccc5)CC4)CC3)cc2Cl)ncc1Cl)S(C)(=O)=O. The second-order valence-corrected chi connectivity index (χ2v) is 15.6. The molecule has 6 rings (SSSR count). The van der Waals surface area contributed by atoms with Gasteiger partial charge in [-0.25, -0.2) is 18.2 Å². The molecule has 2 N–H and O–H groups in total. The van der Waals surface area contributed by atoms with Crippen LogP contribution in [-0.4, -0.2) is 93.4 Å². The molecule has 1 amide bonds. The molecule has 0 radical (unpaired) electrons. The van der Waals surface area contributed by atoms with Gasteiger partial charge in [0, 0.05) is 58.5 Å². The average molecular weight is 754 g/mol. The Morgan fingerprint density at radius 2 is 1.61 bits per heavy atom. The quantitative estimate of drug-likeness (QED) is 0.168. The van der Waals surface area contributed by atoms with E-state index in [1.54, 1.807) is 24.3 Å². The number of piperazine rings is 1. The molecule has 3 heterocycles. The first-order valence-electron chi connectivity index (χ1n) is 16.9. The van der Waals surface area contributed by atoms with Crippen LogP contribution in [0.4, 0.5) is 39.3 Å². The molecule has 270 valence electrons. The highest BCUT2D eigenvalue weighted by atomic mass is 35.5. The molecule has 2 fully saturated rings. The van der Waals surface area contributed by atoms with Crippen molar-refractivity contribution in [2.24, 2.45) is 5.92 Å². The molecule has 1 aromatic heterocycles. The number of ether oxygens (including phenoxy) is 1. The van der Waals surface area contributed by atoms with Crippen LogP contribution in [0.25, 0.3) is 0 Å². The van der Waals surface area contributed by atoms with Gasteiger partial charge in [0.2, 0.25) is 16.0 Å². The molecule has 0 spiro atoms. The molecule has 0 atom stereocenters. The smallest absolute Gasteiger partial charge is 0.410 e. The summed E-state index contributed by atoms with van der Waals surface area (Å²) in [6, 6.07) is 22.6. The van der Waals surface area contributed by atoms with Crippen molar-refractivity contribution in [2.45, 2.75) is 19.4 Å². The van der Waals surface area contributed by atoms with Crippen molar-refractivity contribution in [1.29, 1.82) is 0 Å². The molecule has 0 saturated carbocycles. The number of aromatic nitrogens is 2. The van der Waals surface area contributed by atoms with Crippen molar-refractivity contribution in [3.05, 3.63) is 94.6 Å². The van der Waals surface area contributed by atoms with E-state index in [1.807, 2.05) is 53.4 Å². The van der Waals surface area contributed by atoms with E-state index in [0.717, 1.165) is 76.2 Å². The Balaban J connectivity index is 0.984. The number of rotatable bonds is 11. The van der Waals surface area contributed by atoms with E-state index in [2.05, 4.69) is 30.4 Å². The van der Waals surface area contributed by atoms with Crippen LogP contribution in [0.15, 0.2) is 79.0 Å². The van der Waals surface area contributed by atoms with Crippen LogP contribution in [0.2, 0.25) is 10.0 Å². The Bertz CT molecular complexity index is 1920. The number of carbonyl (C=O) groups is 1. The van der Waals surface area contributed by atoms with Gasteiger partial charge in [0.25, 0.3) is 0 Å². The van der Waals surface area contributed by atoms with Gasteiger partial charge in [0.1, 0.15) is 11.6 Å². The van der Waals surface area contributed by atoms with E-state index in [1.165, 1.54) is 17.5 Å². The minimum Gasteiger partial charge on any atom is -0.445 e. The van der Waals surface area contributed by atoms with E-state index >= 15 is 0 Å². The molecule has 0 unspecified atom stereocenters. The molecule has 0 bridgehead atoms. The summed E-state index contributed by atoms with van der Waals surface area (Å²) in [7, 11) is -2.00. The van der Waals surface area contributed by atoms with Crippen LogP contribution in [0, 0.1) is 5.92 Å². The number of likely N-dealkylation sites (tertiary alicyclic amines) is 1. The number of carbonyl (C=O) groups excluding carboxylic acids is 1. The van der Waals surface area contributed by atoms with E-state index in [9.17, 15) is 13.2 Å². The third kappa shape index (κ3) is 9.53. The molecule has 2 saturated heterocycles. The number of piperidine rings is 1. The van der Waals surface area contributed by atoms with Gasteiger partial charge in [-0.1, -0.05) is 65.7 Å². The van der Waals surface area contributed by atoms with Crippen LogP contribution in [0.5, 0.6) is 0 Å². The maximum absolute atomic E-state index is 12.6. The summed E-state index contributed by atoms with van der Waals surface area (Å²) in [6.45, 7) is 6.47. The molecule has 15 heteroatoms. The average Bonchev–Trinajstić information content (AvgIpc) is 3.13. The predicted octanol–water partition coefficient (Wildman–Crippen LogP) is 6.84. The highest BCUT2D eigenvalue weighted by Gasteiger charge is 2.27. The molecular formula is C36H42Cl2N8O4S.